The van der Waals surface area contributed by atoms with E-state index in [2.05, 4.69) is 46.6 Å². The molecule has 2 aromatic carbocycles. The Balaban J connectivity index is 2.09. The number of carbonyl (C=O) groups excluding carboxylic acids is 1. The summed E-state index contributed by atoms with van der Waals surface area (Å²) in [6, 6.07) is 11.7. The van der Waals surface area contributed by atoms with Gasteiger partial charge in [0.25, 0.3) is 5.91 Å². The number of rotatable bonds is 2. The SMILES string of the molecule is CC1=NN(c2ccc(C)cc2)C(=O)/C1=C\c1cc(C(C)(C)C)c(O)c(C(C)(C)C)c1. The minimum absolute atomic E-state index is 0.140. The molecule has 0 bridgehead atoms. The van der Waals surface area contributed by atoms with E-state index >= 15 is 0 Å². The molecule has 0 aliphatic carbocycles. The van der Waals surface area contributed by atoms with Crippen LogP contribution in [-0.4, -0.2) is 16.7 Å². The number of hydrogen-bond donors (Lipinski definition) is 1. The molecule has 0 saturated carbocycles. The molecule has 1 aliphatic heterocycles. The van der Waals surface area contributed by atoms with Crippen molar-refractivity contribution in [2.75, 3.05) is 5.01 Å². The van der Waals surface area contributed by atoms with E-state index < -0.39 is 0 Å². The highest BCUT2D eigenvalue weighted by atomic mass is 16.3. The first-order valence-corrected chi connectivity index (χ1v) is 10.4. The van der Waals surface area contributed by atoms with Crippen LogP contribution in [0, 0.1) is 6.92 Å². The molecule has 158 valence electrons. The fraction of sp³-hybridized carbons (Fsp3) is 0.385. The number of carbonyl (C=O) groups is 1. The monoisotopic (exact) mass is 404 g/mol. The zero-order valence-electron chi connectivity index (χ0n) is 19.3. The summed E-state index contributed by atoms with van der Waals surface area (Å²) in [5.41, 5.74) is 5.33. The molecule has 1 heterocycles. The van der Waals surface area contributed by atoms with Gasteiger partial charge in [0.1, 0.15) is 5.75 Å². The van der Waals surface area contributed by atoms with E-state index in [9.17, 15) is 9.90 Å². The van der Waals surface area contributed by atoms with Gasteiger partial charge in [-0.15, -0.1) is 0 Å². The van der Waals surface area contributed by atoms with Crippen molar-refractivity contribution in [2.24, 2.45) is 5.10 Å². The van der Waals surface area contributed by atoms with E-state index in [4.69, 9.17) is 0 Å². The van der Waals surface area contributed by atoms with E-state index in [1.165, 1.54) is 5.01 Å². The number of nitrogens with zero attached hydrogens (tertiary/aromatic N) is 2. The minimum atomic E-state index is -0.227. The molecule has 30 heavy (non-hydrogen) atoms. The molecule has 1 amide bonds. The number of phenols is 1. The summed E-state index contributed by atoms with van der Waals surface area (Å²) in [4.78, 5) is 13.1. The second-order valence-electron chi connectivity index (χ2n) is 10.2. The van der Waals surface area contributed by atoms with Crippen molar-refractivity contribution in [3.8, 4) is 5.75 Å². The molecular weight excluding hydrogens is 372 g/mol. The highest BCUT2D eigenvalue weighted by Crippen LogP contribution is 2.40. The zero-order valence-corrected chi connectivity index (χ0v) is 19.3. The van der Waals surface area contributed by atoms with Crippen LogP contribution in [0.3, 0.4) is 0 Å². The Labute approximate surface area is 179 Å². The second-order valence-corrected chi connectivity index (χ2v) is 10.2. The van der Waals surface area contributed by atoms with E-state index in [0.717, 1.165) is 27.9 Å². The van der Waals surface area contributed by atoms with Crippen LogP contribution in [-0.2, 0) is 15.6 Å². The normalized spacial score (nSPS) is 16.4. The lowest BCUT2D eigenvalue weighted by Crippen LogP contribution is -2.21. The van der Waals surface area contributed by atoms with Gasteiger partial charge < -0.3 is 5.11 Å². The van der Waals surface area contributed by atoms with Crippen LogP contribution in [0.1, 0.15) is 70.7 Å². The number of hydrazone groups is 1. The van der Waals surface area contributed by atoms with Crippen molar-refractivity contribution in [2.45, 2.75) is 66.2 Å². The van der Waals surface area contributed by atoms with Gasteiger partial charge in [-0.3, -0.25) is 4.79 Å². The summed E-state index contributed by atoms with van der Waals surface area (Å²) in [7, 11) is 0. The van der Waals surface area contributed by atoms with Gasteiger partial charge in [0.15, 0.2) is 0 Å². The van der Waals surface area contributed by atoms with Crippen LogP contribution >= 0.6 is 0 Å². The number of aromatic hydroxyl groups is 1. The summed E-state index contributed by atoms with van der Waals surface area (Å²) in [5, 5.41) is 16.9. The zero-order chi connectivity index (χ0) is 22.4. The molecule has 2 aromatic rings. The maximum Gasteiger partial charge on any atom is 0.280 e. The Morgan fingerprint density at radius 2 is 1.40 bits per heavy atom. The molecule has 0 radical (unpaired) electrons. The Morgan fingerprint density at radius 3 is 1.87 bits per heavy atom. The molecule has 0 unspecified atom stereocenters. The highest BCUT2D eigenvalue weighted by Gasteiger charge is 2.30. The first-order valence-electron chi connectivity index (χ1n) is 10.4. The fourth-order valence-electron chi connectivity index (χ4n) is 3.60. The summed E-state index contributed by atoms with van der Waals surface area (Å²) < 4.78 is 0. The predicted molar refractivity (Wildman–Crippen MR) is 125 cm³/mol. The van der Waals surface area contributed by atoms with Gasteiger partial charge in [0, 0.05) is 11.1 Å². The van der Waals surface area contributed by atoms with Crippen LogP contribution in [0.4, 0.5) is 5.69 Å². The van der Waals surface area contributed by atoms with E-state index in [1.807, 2.05) is 56.3 Å². The van der Waals surface area contributed by atoms with Gasteiger partial charge in [-0.25, -0.2) is 0 Å². The summed E-state index contributed by atoms with van der Waals surface area (Å²) >= 11 is 0. The molecule has 0 fully saturated rings. The predicted octanol–water partition coefficient (Wildman–Crippen LogP) is 6.10. The summed E-state index contributed by atoms with van der Waals surface area (Å²) in [6.45, 7) is 16.4. The molecule has 0 spiro atoms. The van der Waals surface area contributed by atoms with Crippen molar-refractivity contribution >= 4 is 23.4 Å². The van der Waals surface area contributed by atoms with Gasteiger partial charge in [0.2, 0.25) is 0 Å². The first-order chi connectivity index (χ1) is 13.8. The molecular formula is C26H32N2O2. The van der Waals surface area contributed by atoms with Gasteiger partial charge >= 0.3 is 0 Å². The standard InChI is InChI=1S/C26H32N2O2/c1-16-9-11-19(12-10-16)28-24(30)20(17(2)27-28)13-18-14-21(25(3,4)5)23(29)22(15-18)26(6,7)8/h9-15,29H,1-8H3/b20-13-. The lowest BCUT2D eigenvalue weighted by molar-refractivity contribution is -0.114. The molecule has 4 heteroatoms. The van der Waals surface area contributed by atoms with Crippen LogP contribution in [0.2, 0.25) is 0 Å². The Morgan fingerprint density at radius 1 is 0.900 bits per heavy atom. The number of anilines is 1. The number of benzene rings is 2. The van der Waals surface area contributed by atoms with Crippen LogP contribution in [0.25, 0.3) is 6.08 Å². The van der Waals surface area contributed by atoms with Crippen molar-refractivity contribution < 1.29 is 9.90 Å². The van der Waals surface area contributed by atoms with Crippen molar-refractivity contribution in [3.05, 3.63) is 64.2 Å². The third kappa shape index (κ3) is 4.18. The third-order valence-electron chi connectivity index (χ3n) is 5.40. The number of amides is 1. The van der Waals surface area contributed by atoms with Gasteiger partial charge in [-0.2, -0.15) is 10.1 Å². The lowest BCUT2D eigenvalue weighted by Gasteiger charge is -2.28. The maximum atomic E-state index is 13.1. The molecule has 1 N–H and O–H groups in total. The van der Waals surface area contributed by atoms with Gasteiger partial charge in [-0.05, 0) is 60.6 Å². The molecule has 0 saturated heterocycles. The van der Waals surface area contributed by atoms with Crippen molar-refractivity contribution in [3.63, 3.8) is 0 Å². The molecule has 3 rings (SSSR count). The molecule has 0 aromatic heterocycles. The minimum Gasteiger partial charge on any atom is -0.507 e. The number of aryl methyl sites for hydroxylation is 1. The number of phenolic OH excluding ortho intramolecular Hbond substituents is 1. The fourth-order valence-corrected chi connectivity index (χ4v) is 3.60. The first kappa shape index (κ1) is 21.8. The van der Waals surface area contributed by atoms with Crippen LogP contribution in [0.15, 0.2) is 47.1 Å². The molecule has 4 nitrogen and oxygen atoms in total. The van der Waals surface area contributed by atoms with Gasteiger partial charge in [-0.1, -0.05) is 59.2 Å². The van der Waals surface area contributed by atoms with Crippen molar-refractivity contribution in [1.82, 2.24) is 0 Å². The largest absolute Gasteiger partial charge is 0.507 e. The highest BCUT2D eigenvalue weighted by molar-refractivity contribution is 6.32. The average molecular weight is 405 g/mol. The smallest absolute Gasteiger partial charge is 0.280 e. The van der Waals surface area contributed by atoms with Gasteiger partial charge in [0.05, 0.1) is 17.0 Å². The summed E-state index contributed by atoms with van der Waals surface area (Å²) in [6.07, 6.45) is 1.89. The third-order valence-corrected chi connectivity index (χ3v) is 5.40. The van der Waals surface area contributed by atoms with Crippen LogP contribution < -0.4 is 5.01 Å². The lowest BCUT2D eigenvalue weighted by atomic mass is 9.78. The average Bonchev–Trinajstić information content (AvgIpc) is 2.90. The Hall–Kier alpha value is -2.88. The van der Waals surface area contributed by atoms with E-state index in [0.29, 0.717) is 17.0 Å². The quantitative estimate of drug-likeness (QED) is 0.615. The molecule has 1 aliphatic rings. The van der Waals surface area contributed by atoms with Crippen molar-refractivity contribution in [1.29, 1.82) is 0 Å². The Kier molecular flexibility index (Phi) is 5.40. The van der Waals surface area contributed by atoms with Crippen LogP contribution in [0.5, 0.6) is 5.75 Å². The van der Waals surface area contributed by atoms with E-state index in [-0.39, 0.29) is 16.7 Å². The number of hydrogen-bond acceptors (Lipinski definition) is 3. The second kappa shape index (κ2) is 7.42. The van der Waals surface area contributed by atoms with E-state index in [1.54, 1.807) is 0 Å². The topological polar surface area (TPSA) is 52.9 Å². The summed E-state index contributed by atoms with van der Waals surface area (Å²) in [5.74, 6) is 0.195. The maximum absolute atomic E-state index is 13.1. The molecule has 0 atom stereocenters. The Bertz CT molecular complexity index is 1010.